The summed E-state index contributed by atoms with van der Waals surface area (Å²) in [6.07, 6.45) is 3.46. The number of nitrogens with one attached hydrogen (secondary N) is 1. The molecule has 2 rings (SSSR count). The second kappa shape index (κ2) is 6.90. The first-order valence-corrected chi connectivity index (χ1v) is 7.57. The number of halogens is 2. The first-order valence-electron chi connectivity index (χ1n) is 6.40. The highest BCUT2D eigenvalue weighted by Crippen LogP contribution is 2.32. The zero-order valence-corrected chi connectivity index (χ0v) is 12.9. The molecule has 18 heavy (non-hydrogen) atoms. The fourth-order valence-corrected chi connectivity index (χ4v) is 3.20. The molecule has 1 fully saturated rings. The summed E-state index contributed by atoms with van der Waals surface area (Å²) in [6.45, 7) is 1.80. The molecule has 1 aromatic rings. The van der Waals surface area contributed by atoms with Crippen LogP contribution in [0, 0.1) is 5.92 Å². The van der Waals surface area contributed by atoms with Crippen LogP contribution in [-0.2, 0) is 4.74 Å². The maximum atomic E-state index is 6.09. The van der Waals surface area contributed by atoms with E-state index in [1.807, 2.05) is 25.2 Å². The smallest absolute Gasteiger partial charge is 0.0468 e. The van der Waals surface area contributed by atoms with Crippen molar-refractivity contribution in [3.63, 3.8) is 0 Å². The Hall–Kier alpha value is -0.0900. The minimum atomic E-state index is 0.348. The first kappa shape index (κ1) is 14.3. The van der Waals surface area contributed by atoms with Crippen molar-refractivity contribution in [3.05, 3.63) is 33.3 Å². The summed E-state index contributed by atoms with van der Waals surface area (Å²) in [6, 6.07) is 6.33. The number of rotatable bonds is 4. The van der Waals surface area contributed by atoms with E-state index in [1.165, 1.54) is 5.56 Å². The van der Waals surface area contributed by atoms with Crippen LogP contribution in [0.15, 0.2) is 22.7 Å². The van der Waals surface area contributed by atoms with E-state index in [9.17, 15) is 0 Å². The van der Waals surface area contributed by atoms with Gasteiger partial charge in [-0.1, -0.05) is 27.5 Å². The molecule has 1 N–H and O–H groups in total. The van der Waals surface area contributed by atoms with Gasteiger partial charge in [-0.15, -0.1) is 0 Å². The van der Waals surface area contributed by atoms with E-state index >= 15 is 0 Å². The second-order valence-corrected chi connectivity index (χ2v) is 6.09. The third kappa shape index (κ3) is 3.70. The van der Waals surface area contributed by atoms with Crippen molar-refractivity contribution >= 4 is 27.5 Å². The predicted molar refractivity (Wildman–Crippen MR) is 79.1 cm³/mol. The first-order chi connectivity index (χ1) is 8.70. The summed E-state index contributed by atoms with van der Waals surface area (Å²) >= 11 is 9.71. The maximum Gasteiger partial charge on any atom is 0.0468 e. The van der Waals surface area contributed by atoms with Crippen molar-refractivity contribution in [3.8, 4) is 0 Å². The highest BCUT2D eigenvalue weighted by molar-refractivity contribution is 9.10. The zero-order chi connectivity index (χ0) is 13.0. The summed E-state index contributed by atoms with van der Waals surface area (Å²) in [4.78, 5) is 0. The van der Waals surface area contributed by atoms with Gasteiger partial charge < -0.3 is 10.1 Å². The summed E-state index contributed by atoms with van der Waals surface area (Å²) in [5.74, 6) is 0.738. The SMILES string of the molecule is CNC(CC1CCOCC1)c1cc(Cl)ccc1Br. The van der Waals surface area contributed by atoms with Gasteiger partial charge in [-0.05, 0) is 56.0 Å². The monoisotopic (exact) mass is 331 g/mol. The Balaban J connectivity index is 2.09. The molecule has 1 aliphatic rings. The topological polar surface area (TPSA) is 21.3 Å². The predicted octanol–water partition coefficient (Wildman–Crippen LogP) is 4.18. The molecule has 0 aromatic heterocycles. The third-order valence-electron chi connectivity index (χ3n) is 3.59. The standard InChI is InChI=1S/C14H19BrClNO/c1-17-14(8-10-4-6-18-7-5-10)12-9-11(16)2-3-13(12)15/h2-3,9-10,14,17H,4-8H2,1H3. The molecule has 4 heteroatoms. The number of hydrogen-bond donors (Lipinski definition) is 1. The summed E-state index contributed by atoms with van der Waals surface area (Å²) < 4.78 is 6.54. The van der Waals surface area contributed by atoms with Gasteiger partial charge in [0.1, 0.15) is 0 Å². The van der Waals surface area contributed by atoms with Crippen LogP contribution in [0.25, 0.3) is 0 Å². The Morgan fingerprint density at radius 2 is 2.17 bits per heavy atom. The molecule has 2 nitrogen and oxygen atoms in total. The van der Waals surface area contributed by atoms with Crippen molar-refractivity contribution in [2.45, 2.75) is 25.3 Å². The molecule has 1 heterocycles. The van der Waals surface area contributed by atoms with Crippen LogP contribution < -0.4 is 5.32 Å². The average molecular weight is 333 g/mol. The van der Waals surface area contributed by atoms with Crippen LogP contribution in [0.5, 0.6) is 0 Å². The fraction of sp³-hybridized carbons (Fsp3) is 0.571. The van der Waals surface area contributed by atoms with Crippen LogP contribution >= 0.6 is 27.5 Å². The van der Waals surface area contributed by atoms with E-state index < -0.39 is 0 Å². The lowest BCUT2D eigenvalue weighted by Gasteiger charge is -2.27. The van der Waals surface area contributed by atoms with Crippen molar-refractivity contribution in [2.24, 2.45) is 5.92 Å². The highest BCUT2D eigenvalue weighted by Gasteiger charge is 2.21. The minimum Gasteiger partial charge on any atom is -0.381 e. The molecular formula is C14H19BrClNO. The van der Waals surface area contributed by atoms with E-state index in [2.05, 4.69) is 21.2 Å². The van der Waals surface area contributed by atoms with Crippen molar-refractivity contribution in [1.29, 1.82) is 0 Å². The number of ether oxygens (including phenoxy) is 1. The van der Waals surface area contributed by atoms with Gasteiger partial charge in [0, 0.05) is 28.8 Å². The van der Waals surface area contributed by atoms with E-state index in [0.29, 0.717) is 6.04 Å². The van der Waals surface area contributed by atoms with Gasteiger partial charge in [0.2, 0.25) is 0 Å². The van der Waals surface area contributed by atoms with Gasteiger partial charge in [-0.25, -0.2) is 0 Å². The Labute approximate surface area is 122 Å². The molecule has 0 saturated carbocycles. The van der Waals surface area contributed by atoms with E-state index in [4.69, 9.17) is 16.3 Å². The molecule has 100 valence electrons. The number of benzene rings is 1. The molecule has 1 atom stereocenters. The lowest BCUT2D eigenvalue weighted by Crippen LogP contribution is -2.24. The maximum absolute atomic E-state index is 6.09. The molecular weight excluding hydrogens is 314 g/mol. The molecule has 0 spiro atoms. The zero-order valence-electron chi connectivity index (χ0n) is 10.6. The quantitative estimate of drug-likeness (QED) is 0.893. The summed E-state index contributed by atoms with van der Waals surface area (Å²) in [5, 5.41) is 4.20. The van der Waals surface area contributed by atoms with Crippen LogP contribution in [0.3, 0.4) is 0 Å². The van der Waals surface area contributed by atoms with Gasteiger partial charge >= 0.3 is 0 Å². The van der Waals surface area contributed by atoms with Gasteiger partial charge in [0.15, 0.2) is 0 Å². The van der Waals surface area contributed by atoms with Crippen LogP contribution in [-0.4, -0.2) is 20.3 Å². The van der Waals surface area contributed by atoms with Gasteiger partial charge in [0.05, 0.1) is 0 Å². The molecule has 1 unspecified atom stereocenters. The van der Waals surface area contributed by atoms with Crippen LogP contribution in [0.2, 0.25) is 5.02 Å². The Kier molecular flexibility index (Phi) is 5.49. The Bertz CT molecular complexity index is 393. The molecule has 1 aromatic carbocycles. The minimum absolute atomic E-state index is 0.348. The molecule has 0 bridgehead atoms. The van der Waals surface area contributed by atoms with E-state index in [-0.39, 0.29) is 0 Å². The third-order valence-corrected chi connectivity index (χ3v) is 4.55. The summed E-state index contributed by atoms with van der Waals surface area (Å²) in [7, 11) is 2.01. The van der Waals surface area contributed by atoms with Crippen molar-refractivity contribution in [1.82, 2.24) is 5.32 Å². The Morgan fingerprint density at radius 3 is 2.83 bits per heavy atom. The lowest BCUT2D eigenvalue weighted by atomic mass is 9.89. The largest absolute Gasteiger partial charge is 0.381 e. The van der Waals surface area contributed by atoms with Crippen molar-refractivity contribution < 1.29 is 4.74 Å². The normalized spacial score (nSPS) is 18.8. The van der Waals surface area contributed by atoms with Gasteiger partial charge in [-0.3, -0.25) is 0 Å². The van der Waals surface area contributed by atoms with Crippen LogP contribution in [0.1, 0.15) is 30.9 Å². The lowest BCUT2D eigenvalue weighted by molar-refractivity contribution is 0.0608. The van der Waals surface area contributed by atoms with E-state index in [1.54, 1.807) is 0 Å². The molecule has 1 saturated heterocycles. The van der Waals surface area contributed by atoms with E-state index in [0.717, 1.165) is 47.9 Å². The molecule has 0 radical (unpaired) electrons. The molecule has 0 amide bonds. The fourth-order valence-electron chi connectivity index (χ4n) is 2.50. The van der Waals surface area contributed by atoms with Crippen LogP contribution in [0.4, 0.5) is 0 Å². The van der Waals surface area contributed by atoms with Crippen molar-refractivity contribution in [2.75, 3.05) is 20.3 Å². The highest BCUT2D eigenvalue weighted by atomic mass is 79.9. The Morgan fingerprint density at radius 1 is 1.44 bits per heavy atom. The molecule has 1 aliphatic heterocycles. The second-order valence-electron chi connectivity index (χ2n) is 4.80. The summed E-state index contributed by atoms with van der Waals surface area (Å²) in [5.41, 5.74) is 1.25. The number of hydrogen-bond acceptors (Lipinski definition) is 2. The average Bonchev–Trinajstić information content (AvgIpc) is 2.40. The molecule has 0 aliphatic carbocycles. The van der Waals surface area contributed by atoms with Gasteiger partial charge in [-0.2, -0.15) is 0 Å². The van der Waals surface area contributed by atoms with Gasteiger partial charge in [0.25, 0.3) is 0 Å².